The normalized spacial score (nSPS) is 12.4. The smallest absolute Gasteiger partial charge is 0.137 e. The zero-order valence-electron chi connectivity index (χ0n) is 11.1. The lowest BCUT2D eigenvalue weighted by molar-refractivity contribution is 0.200. The maximum Gasteiger partial charge on any atom is 0.137 e. The molecule has 0 aromatic heterocycles. The zero-order valence-corrected chi connectivity index (χ0v) is 13.5. The standard InChI is InChI=1S/C16H16BrFOS/c1-11-5-2-3-8-15(11)20-10-13(19)9-12-6-4-7-14(18)16(12)17/h2-8,13,19H,9-10H2,1H3. The second kappa shape index (κ2) is 7.25. The van der Waals surface area contributed by atoms with Gasteiger partial charge in [-0.1, -0.05) is 30.3 Å². The number of aliphatic hydroxyl groups is 1. The van der Waals surface area contributed by atoms with E-state index >= 15 is 0 Å². The molecular formula is C16H16BrFOS. The van der Waals surface area contributed by atoms with Crippen LogP contribution in [0.2, 0.25) is 0 Å². The Labute approximate surface area is 131 Å². The average molecular weight is 355 g/mol. The molecule has 0 saturated heterocycles. The van der Waals surface area contributed by atoms with E-state index in [4.69, 9.17) is 0 Å². The molecule has 4 heteroatoms. The molecule has 106 valence electrons. The molecule has 0 heterocycles. The van der Waals surface area contributed by atoms with Crippen LogP contribution >= 0.6 is 27.7 Å². The topological polar surface area (TPSA) is 20.2 Å². The van der Waals surface area contributed by atoms with E-state index in [0.717, 1.165) is 5.56 Å². The summed E-state index contributed by atoms with van der Waals surface area (Å²) in [6.07, 6.45) is -0.0604. The number of hydrogen-bond donors (Lipinski definition) is 1. The number of hydrogen-bond acceptors (Lipinski definition) is 2. The van der Waals surface area contributed by atoms with Gasteiger partial charge in [0.1, 0.15) is 5.82 Å². The Morgan fingerprint density at radius 3 is 2.70 bits per heavy atom. The third-order valence-corrected chi connectivity index (χ3v) is 5.22. The van der Waals surface area contributed by atoms with Crippen LogP contribution in [0.1, 0.15) is 11.1 Å². The summed E-state index contributed by atoms with van der Waals surface area (Å²) in [5, 5.41) is 10.1. The first-order valence-electron chi connectivity index (χ1n) is 6.37. The van der Waals surface area contributed by atoms with Crippen molar-refractivity contribution in [2.24, 2.45) is 0 Å². The summed E-state index contributed by atoms with van der Waals surface area (Å²) in [5.41, 5.74) is 2.00. The second-order valence-electron chi connectivity index (χ2n) is 4.65. The number of rotatable bonds is 5. The van der Waals surface area contributed by atoms with E-state index in [9.17, 15) is 9.50 Å². The Balaban J connectivity index is 1.94. The molecule has 0 amide bonds. The van der Waals surface area contributed by atoms with Crippen LogP contribution < -0.4 is 0 Å². The second-order valence-corrected chi connectivity index (χ2v) is 6.50. The maximum atomic E-state index is 13.4. The SMILES string of the molecule is Cc1ccccc1SCC(O)Cc1cccc(F)c1Br. The Hall–Kier alpha value is -0.840. The minimum absolute atomic E-state index is 0.291. The van der Waals surface area contributed by atoms with Gasteiger partial charge < -0.3 is 5.11 Å². The summed E-state index contributed by atoms with van der Waals surface area (Å²) < 4.78 is 13.8. The first kappa shape index (κ1) is 15.5. The van der Waals surface area contributed by atoms with Crippen LogP contribution in [0.25, 0.3) is 0 Å². The van der Waals surface area contributed by atoms with E-state index in [0.29, 0.717) is 16.6 Å². The molecule has 0 aliphatic rings. The number of aryl methyl sites for hydroxylation is 1. The van der Waals surface area contributed by atoms with E-state index in [1.807, 2.05) is 24.3 Å². The highest BCUT2D eigenvalue weighted by Crippen LogP contribution is 2.25. The fourth-order valence-corrected chi connectivity index (χ4v) is 3.31. The average Bonchev–Trinajstić information content (AvgIpc) is 2.43. The molecule has 0 radical (unpaired) electrons. The van der Waals surface area contributed by atoms with Gasteiger partial charge in [0.05, 0.1) is 10.6 Å². The van der Waals surface area contributed by atoms with Crippen LogP contribution in [0.4, 0.5) is 4.39 Å². The molecular weight excluding hydrogens is 339 g/mol. The van der Waals surface area contributed by atoms with Gasteiger partial charge in [-0.25, -0.2) is 4.39 Å². The van der Waals surface area contributed by atoms with Crippen molar-refractivity contribution in [3.63, 3.8) is 0 Å². The lowest BCUT2D eigenvalue weighted by atomic mass is 10.1. The van der Waals surface area contributed by atoms with Gasteiger partial charge in [-0.3, -0.25) is 0 Å². The Bertz CT molecular complexity index is 588. The molecule has 0 fully saturated rings. The van der Waals surface area contributed by atoms with Crippen molar-refractivity contribution < 1.29 is 9.50 Å². The molecule has 2 rings (SSSR count). The fourth-order valence-electron chi connectivity index (χ4n) is 1.92. The van der Waals surface area contributed by atoms with E-state index in [1.54, 1.807) is 17.8 Å². The van der Waals surface area contributed by atoms with Gasteiger partial charge in [-0.15, -0.1) is 11.8 Å². The highest BCUT2D eigenvalue weighted by Gasteiger charge is 2.11. The van der Waals surface area contributed by atoms with E-state index in [-0.39, 0.29) is 5.82 Å². The van der Waals surface area contributed by atoms with Gasteiger partial charge in [-0.05, 0) is 46.1 Å². The quantitative estimate of drug-likeness (QED) is 0.792. The summed E-state index contributed by atoms with van der Waals surface area (Å²) in [7, 11) is 0. The van der Waals surface area contributed by atoms with Crippen molar-refractivity contribution in [3.05, 3.63) is 63.9 Å². The maximum absolute atomic E-state index is 13.4. The molecule has 20 heavy (non-hydrogen) atoms. The van der Waals surface area contributed by atoms with Crippen molar-refractivity contribution in [3.8, 4) is 0 Å². The molecule has 1 nitrogen and oxygen atoms in total. The predicted octanol–water partition coefficient (Wildman–Crippen LogP) is 4.59. The summed E-state index contributed by atoms with van der Waals surface area (Å²) in [6.45, 7) is 2.05. The molecule has 1 atom stereocenters. The van der Waals surface area contributed by atoms with Gasteiger partial charge >= 0.3 is 0 Å². The largest absolute Gasteiger partial charge is 0.392 e. The van der Waals surface area contributed by atoms with E-state index < -0.39 is 6.10 Å². The van der Waals surface area contributed by atoms with Gasteiger partial charge in [0.2, 0.25) is 0 Å². The van der Waals surface area contributed by atoms with Crippen LogP contribution in [0, 0.1) is 12.7 Å². The highest BCUT2D eigenvalue weighted by atomic mass is 79.9. The minimum atomic E-state index is -0.502. The zero-order chi connectivity index (χ0) is 14.5. The molecule has 0 spiro atoms. The van der Waals surface area contributed by atoms with Crippen LogP contribution in [0.15, 0.2) is 51.8 Å². The molecule has 1 unspecified atom stereocenters. The molecule has 2 aromatic carbocycles. The van der Waals surface area contributed by atoms with Gasteiger partial charge in [0, 0.05) is 17.1 Å². The van der Waals surface area contributed by atoms with Gasteiger partial charge in [0.25, 0.3) is 0 Å². The summed E-state index contributed by atoms with van der Waals surface area (Å²) >= 11 is 4.85. The molecule has 0 aliphatic carbocycles. The van der Waals surface area contributed by atoms with Crippen molar-refractivity contribution in [1.29, 1.82) is 0 Å². The Morgan fingerprint density at radius 2 is 1.95 bits per heavy atom. The molecule has 2 aromatic rings. The van der Waals surface area contributed by atoms with E-state index in [1.165, 1.54) is 16.5 Å². The monoisotopic (exact) mass is 354 g/mol. The Morgan fingerprint density at radius 1 is 1.20 bits per heavy atom. The number of aliphatic hydroxyl groups excluding tert-OH is 1. The molecule has 0 bridgehead atoms. The lowest BCUT2D eigenvalue weighted by Crippen LogP contribution is -2.14. The van der Waals surface area contributed by atoms with Crippen LogP contribution in [0.5, 0.6) is 0 Å². The minimum Gasteiger partial charge on any atom is -0.392 e. The predicted molar refractivity (Wildman–Crippen MR) is 85.7 cm³/mol. The number of halogens is 2. The van der Waals surface area contributed by atoms with Crippen LogP contribution in [-0.2, 0) is 6.42 Å². The Kier molecular flexibility index (Phi) is 5.64. The van der Waals surface area contributed by atoms with Crippen LogP contribution in [-0.4, -0.2) is 17.0 Å². The third kappa shape index (κ3) is 4.08. The first-order valence-corrected chi connectivity index (χ1v) is 8.15. The first-order chi connectivity index (χ1) is 9.58. The summed E-state index contributed by atoms with van der Waals surface area (Å²) in [4.78, 5) is 1.17. The molecule has 0 saturated carbocycles. The van der Waals surface area contributed by atoms with Crippen LogP contribution in [0.3, 0.4) is 0 Å². The molecule has 0 aliphatic heterocycles. The van der Waals surface area contributed by atoms with E-state index in [2.05, 4.69) is 28.9 Å². The van der Waals surface area contributed by atoms with Crippen molar-refractivity contribution in [2.45, 2.75) is 24.3 Å². The summed E-state index contributed by atoms with van der Waals surface area (Å²) in [6, 6.07) is 13.0. The van der Waals surface area contributed by atoms with Gasteiger partial charge in [0.15, 0.2) is 0 Å². The van der Waals surface area contributed by atoms with Gasteiger partial charge in [-0.2, -0.15) is 0 Å². The van der Waals surface area contributed by atoms with Crippen molar-refractivity contribution >= 4 is 27.7 Å². The van der Waals surface area contributed by atoms with Crippen molar-refractivity contribution in [1.82, 2.24) is 0 Å². The fraction of sp³-hybridized carbons (Fsp3) is 0.250. The lowest BCUT2D eigenvalue weighted by Gasteiger charge is -2.13. The van der Waals surface area contributed by atoms with Crippen molar-refractivity contribution in [2.75, 3.05) is 5.75 Å². The number of benzene rings is 2. The summed E-state index contributed by atoms with van der Waals surface area (Å²) in [5.74, 6) is 0.301. The molecule has 1 N–H and O–H groups in total. The highest BCUT2D eigenvalue weighted by molar-refractivity contribution is 9.10. The number of thioether (sulfide) groups is 1. The third-order valence-electron chi connectivity index (χ3n) is 3.01.